The van der Waals surface area contributed by atoms with Gasteiger partial charge in [-0.3, -0.25) is 4.90 Å². The van der Waals surface area contributed by atoms with Crippen molar-refractivity contribution in [2.45, 2.75) is 90.2 Å². The molecule has 20 heavy (non-hydrogen) atoms. The Morgan fingerprint density at radius 3 is 2.60 bits per heavy atom. The third-order valence-corrected chi connectivity index (χ3v) is 5.73. The molecule has 1 saturated heterocycles. The first-order valence-electron chi connectivity index (χ1n) is 9.18. The van der Waals surface area contributed by atoms with Crippen LogP contribution in [0.15, 0.2) is 0 Å². The second-order valence-electron chi connectivity index (χ2n) is 7.14. The molecule has 1 N–H and O–H groups in total. The lowest BCUT2D eigenvalue weighted by molar-refractivity contribution is 0.0178. The van der Waals surface area contributed by atoms with Gasteiger partial charge in [0.15, 0.2) is 0 Å². The molecule has 2 heteroatoms. The molecule has 0 spiro atoms. The average molecular weight is 281 g/mol. The van der Waals surface area contributed by atoms with Crippen molar-refractivity contribution in [2.75, 3.05) is 13.1 Å². The van der Waals surface area contributed by atoms with Crippen LogP contribution in [0, 0.1) is 11.8 Å². The second kappa shape index (κ2) is 8.38. The highest BCUT2D eigenvalue weighted by molar-refractivity contribution is 4.91. The molecule has 0 aromatic rings. The van der Waals surface area contributed by atoms with E-state index in [1.165, 1.54) is 70.9 Å². The topological polar surface area (TPSA) is 23.5 Å². The number of unbranched alkanes of at least 4 members (excludes halogenated alkanes) is 1. The zero-order valence-corrected chi connectivity index (χ0v) is 13.7. The SMILES string of the molecule is CCCCC(CC)CN1CCCC1C1CCCCC1O. The zero-order chi connectivity index (χ0) is 14.4. The van der Waals surface area contributed by atoms with Gasteiger partial charge in [-0.05, 0) is 44.6 Å². The van der Waals surface area contributed by atoms with E-state index in [-0.39, 0.29) is 6.10 Å². The standard InChI is InChI=1S/C18H35NO/c1-3-5-9-15(4-2)14-19-13-8-11-17(19)16-10-6-7-12-18(16)20/h15-18,20H,3-14H2,1-2H3. The van der Waals surface area contributed by atoms with Crippen LogP contribution < -0.4 is 0 Å². The summed E-state index contributed by atoms with van der Waals surface area (Å²) in [4.78, 5) is 2.74. The van der Waals surface area contributed by atoms with Gasteiger partial charge in [0.05, 0.1) is 6.10 Å². The van der Waals surface area contributed by atoms with Gasteiger partial charge in [-0.25, -0.2) is 0 Å². The fourth-order valence-electron chi connectivity index (χ4n) is 4.40. The summed E-state index contributed by atoms with van der Waals surface area (Å²) in [5, 5.41) is 10.4. The zero-order valence-electron chi connectivity index (χ0n) is 13.7. The van der Waals surface area contributed by atoms with Gasteiger partial charge in [0.1, 0.15) is 0 Å². The van der Waals surface area contributed by atoms with E-state index in [9.17, 15) is 5.11 Å². The van der Waals surface area contributed by atoms with Crippen LogP contribution in [0.3, 0.4) is 0 Å². The fraction of sp³-hybridized carbons (Fsp3) is 1.00. The summed E-state index contributed by atoms with van der Waals surface area (Å²) in [6, 6.07) is 0.681. The van der Waals surface area contributed by atoms with Crippen molar-refractivity contribution in [1.82, 2.24) is 4.90 Å². The van der Waals surface area contributed by atoms with Crippen molar-refractivity contribution in [3.8, 4) is 0 Å². The first-order chi connectivity index (χ1) is 9.76. The van der Waals surface area contributed by atoms with E-state index in [1.54, 1.807) is 0 Å². The second-order valence-corrected chi connectivity index (χ2v) is 7.14. The molecule has 1 heterocycles. The number of rotatable bonds is 7. The van der Waals surface area contributed by atoms with Crippen molar-refractivity contribution < 1.29 is 5.11 Å². The Balaban J connectivity index is 1.88. The smallest absolute Gasteiger partial charge is 0.0583 e. The van der Waals surface area contributed by atoms with Crippen molar-refractivity contribution >= 4 is 0 Å². The van der Waals surface area contributed by atoms with Gasteiger partial charge in [-0.2, -0.15) is 0 Å². The van der Waals surface area contributed by atoms with Gasteiger partial charge in [-0.1, -0.05) is 46.0 Å². The maximum atomic E-state index is 10.4. The Hall–Kier alpha value is -0.0800. The molecule has 4 unspecified atom stereocenters. The molecule has 0 aromatic heterocycles. The van der Waals surface area contributed by atoms with Gasteiger partial charge in [-0.15, -0.1) is 0 Å². The van der Waals surface area contributed by atoms with Crippen LogP contribution in [0.4, 0.5) is 0 Å². The highest BCUT2D eigenvalue weighted by Crippen LogP contribution is 2.35. The van der Waals surface area contributed by atoms with Crippen molar-refractivity contribution in [3.63, 3.8) is 0 Å². The number of likely N-dealkylation sites (tertiary alicyclic amines) is 1. The molecule has 2 aliphatic rings. The molecule has 1 aliphatic carbocycles. The summed E-state index contributed by atoms with van der Waals surface area (Å²) < 4.78 is 0. The number of aliphatic hydroxyl groups is 1. The largest absolute Gasteiger partial charge is 0.393 e. The first kappa shape index (κ1) is 16.3. The quantitative estimate of drug-likeness (QED) is 0.755. The third-order valence-electron chi connectivity index (χ3n) is 5.73. The predicted molar refractivity (Wildman–Crippen MR) is 85.9 cm³/mol. The Morgan fingerprint density at radius 1 is 1.10 bits per heavy atom. The summed E-state index contributed by atoms with van der Waals surface area (Å²) in [5.41, 5.74) is 0. The molecule has 1 aliphatic heterocycles. The summed E-state index contributed by atoms with van der Waals surface area (Å²) in [5.74, 6) is 1.44. The van der Waals surface area contributed by atoms with Crippen molar-refractivity contribution in [2.24, 2.45) is 11.8 Å². The highest BCUT2D eigenvalue weighted by atomic mass is 16.3. The first-order valence-corrected chi connectivity index (χ1v) is 9.18. The molecule has 2 nitrogen and oxygen atoms in total. The Morgan fingerprint density at radius 2 is 1.90 bits per heavy atom. The van der Waals surface area contributed by atoms with Gasteiger partial charge < -0.3 is 5.11 Å². The average Bonchev–Trinajstić information content (AvgIpc) is 2.92. The maximum absolute atomic E-state index is 10.4. The van der Waals surface area contributed by atoms with E-state index in [0.29, 0.717) is 12.0 Å². The lowest BCUT2D eigenvalue weighted by atomic mass is 9.80. The number of hydrogen-bond donors (Lipinski definition) is 1. The molecule has 4 atom stereocenters. The minimum atomic E-state index is -0.0231. The Labute approximate surface area is 125 Å². The fourth-order valence-corrected chi connectivity index (χ4v) is 4.40. The summed E-state index contributed by atoms with van der Waals surface area (Å²) in [7, 11) is 0. The van der Waals surface area contributed by atoms with Gasteiger partial charge in [0.25, 0.3) is 0 Å². The molecule has 0 aromatic carbocycles. The van der Waals surface area contributed by atoms with Crippen molar-refractivity contribution in [3.05, 3.63) is 0 Å². The van der Waals surface area contributed by atoms with E-state index in [4.69, 9.17) is 0 Å². The van der Waals surface area contributed by atoms with Crippen LogP contribution >= 0.6 is 0 Å². The number of hydrogen-bond acceptors (Lipinski definition) is 2. The van der Waals surface area contributed by atoms with Crippen LogP contribution in [-0.2, 0) is 0 Å². The molecule has 0 amide bonds. The van der Waals surface area contributed by atoms with Crippen LogP contribution in [0.2, 0.25) is 0 Å². The normalized spacial score (nSPS) is 33.5. The van der Waals surface area contributed by atoms with Crippen LogP contribution in [-0.4, -0.2) is 35.2 Å². The van der Waals surface area contributed by atoms with Crippen LogP contribution in [0.5, 0.6) is 0 Å². The van der Waals surface area contributed by atoms with E-state index >= 15 is 0 Å². The van der Waals surface area contributed by atoms with Crippen molar-refractivity contribution in [1.29, 1.82) is 0 Å². The van der Waals surface area contributed by atoms with Gasteiger partial charge >= 0.3 is 0 Å². The monoisotopic (exact) mass is 281 g/mol. The maximum Gasteiger partial charge on any atom is 0.0583 e. The number of nitrogens with zero attached hydrogens (tertiary/aromatic N) is 1. The van der Waals surface area contributed by atoms with Gasteiger partial charge in [0.2, 0.25) is 0 Å². The molecule has 0 bridgehead atoms. The van der Waals surface area contributed by atoms with Crippen LogP contribution in [0.1, 0.15) is 78.1 Å². The molecular formula is C18H35NO. The minimum absolute atomic E-state index is 0.0231. The molecule has 118 valence electrons. The van der Waals surface area contributed by atoms with E-state index in [0.717, 1.165) is 12.3 Å². The lowest BCUT2D eigenvalue weighted by Crippen LogP contribution is -2.44. The van der Waals surface area contributed by atoms with Gasteiger partial charge in [0, 0.05) is 18.5 Å². The van der Waals surface area contributed by atoms with E-state index in [2.05, 4.69) is 18.7 Å². The van der Waals surface area contributed by atoms with E-state index < -0.39 is 0 Å². The Bertz CT molecular complexity index is 268. The molecule has 0 radical (unpaired) electrons. The van der Waals surface area contributed by atoms with Crippen LogP contribution in [0.25, 0.3) is 0 Å². The van der Waals surface area contributed by atoms with E-state index in [1.807, 2.05) is 0 Å². The highest BCUT2D eigenvalue weighted by Gasteiger charge is 2.37. The number of aliphatic hydroxyl groups excluding tert-OH is 1. The lowest BCUT2D eigenvalue weighted by Gasteiger charge is -2.38. The molecule has 2 rings (SSSR count). The summed E-state index contributed by atoms with van der Waals surface area (Å²) in [6.07, 6.45) is 12.9. The molecular weight excluding hydrogens is 246 g/mol. The summed E-state index contributed by atoms with van der Waals surface area (Å²) >= 11 is 0. The minimum Gasteiger partial charge on any atom is -0.393 e. The molecule has 2 fully saturated rings. The summed E-state index contributed by atoms with van der Waals surface area (Å²) in [6.45, 7) is 7.20. The molecule has 1 saturated carbocycles. The Kier molecular flexibility index (Phi) is 6.83. The predicted octanol–water partition coefficient (Wildman–Crippen LogP) is 4.22. The third kappa shape index (κ3) is 4.21.